The molecule has 3 rings (SSSR count). The van der Waals surface area contributed by atoms with Crippen LogP contribution in [0.25, 0.3) is 0 Å². The number of carbonyl (C=O) groups is 1. The SMILES string of the molecule is O=C(CNS(=O)(=O)c1ccc(S(=O)(=O)NC2CC2)cc1)Nc1cccc(F)c1. The van der Waals surface area contributed by atoms with Crippen molar-refractivity contribution in [2.75, 3.05) is 11.9 Å². The van der Waals surface area contributed by atoms with Gasteiger partial charge in [0.1, 0.15) is 5.82 Å². The van der Waals surface area contributed by atoms with Gasteiger partial charge in [0.25, 0.3) is 0 Å². The Morgan fingerprint density at radius 1 is 0.964 bits per heavy atom. The highest BCUT2D eigenvalue weighted by Gasteiger charge is 2.28. The molecule has 0 aliphatic heterocycles. The van der Waals surface area contributed by atoms with Crippen LogP contribution < -0.4 is 14.8 Å². The fourth-order valence-corrected chi connectivity index (χ4v) is 4.59. The summed E-state index contributed by atoms with van der Waals surface area (Å²) >= 11 is 0. The maximum Gasteiger partial charge on any atom is 0.241 e. The molecule has 0 unspecified atom stereocenters. The maximum atomic E-state index is 13.1. The normalized spacial score (nSPS) is 14.6. The summed E-state index contributed by atoms with van der Waals surface area (Å²) in [6.45, 7) is -0.567. The van der Waals surface area contributed by atoms with Gasteiger partial charge < -0.3 is 5.32 Å². The Bertz CT molecular complexity index is 1080. The number of hydrogen-bond donors (Lipinski definition) is 3. The van der Waals surface area contributed by atoms with Crippen LogP contribution in [-0.2, 0) is 24.8 Å². The lowest BCUT2D eigenvalue weighted by molar-refractivity contribution is -0.115. The molecule has 11 heteroatoms. The van der Waals surface area contributed by atoms with Gasteiger partial charge in [-0.2, -0.15) is 0 Å². The smallest absolute Gasteiger partial charge is 0.241 e. The predicted molar refractivity (Wildman–Crippen MR) is 100 cm³/mol. The quantitative estimate of drug-likeness (QED) is 0.584. The molecule has 0 spiro atoms. The van der Waals surface area contributed by atoms with E-state index in [1.807, 2.05) is 0 Å². The lowest BCUT2D eigenvalue weighted by Gasteiger charge is -2.09. The summed E-state index contributed by atoms with van der Waals surface area (Å²) < 4.78 is 66.5. The zero-order chi connectivity index (χ0) is 20.4. The third kappa shape index (κ3) is 5.35. The van der Waals surface area contributed by atoms with Crippen molar-refractivity contribution in [1.82, 2.24) is 9.44 Å². The summed E-state index contributed by atoms with van der Waals surface area (Å²) in [4.78, 5) is 11.6. The van der Waals surface area contributed by atoms with Crippen molar-refractivity contribution < 1.29 is 26.0 Å². The molecule has 1 aliphatic rings. The molecule has 2 aromatic carbocycles. The zero-order valence-corrected chi connectivity index (χ0v) is 16.2. The van der Waals surface area contributed by atoms with Crippen molar-refractivity contribution in [3.05, 3.63) is 54.3 Å². The molecule has 0 aromatic heterocycles. The zero-order valence-electron chi connectivity index (χ0n) is 14.6. The Balaban J connectivity index is 1.61. The second-order valence-electron chi connectivity index (χ2n) is 6.25. The molecule has 0 radical (unpaired) electrons. The van der Waals surface area contributed by atoms with Crippen LogP contribution in [0.2, 0.25) is 0 Å². The fraction of sp³-hybridized carbons (Fsp3) is 0.235. The van der Waals surface area contributed by atoms with Crippen molar-refractivity contribution in [3.8, 4) is 0 Å². The van der Waals surface area contributed by atoms with E-state index in [4.69, 9.17) is 0 Å². The van der Waals surface area contributed by atoms with Gasteiger partial charge in [-0.25, -0.2) is 30.7 Å². The van der Waals surface area contributed by atoms with Crippen molar-refractivity contribution in [1.29, 1.82) is 0 Å². The summed E-state index contributed by atoms with van der Waals surface area (Å²) in [5.74, 6) is -1.22. The van der Waals surface area contributed by atoms with Gasteiger partial charge in [0.15, 0.2) is 0 Å². The van der Waals surface area contributed by atoms with E-state index >= 15 is 0 Å². The molecule has 150 valence electrons. The highest BCUT2D eigenvalue weighted by molar-refractivity contribution is 7.90. The molecule has 8 nitrogen and oxygen atoms in total. The number of anilines is 1. The number of nitrogens with one attached hydrogen (secondary N) is 3. The van der Waals surface area contributed by atoms with E-state index in [-0.39, 0.29) is 21.5 Å². The summed E-state index contributed by atoms with van der Waals surface area (Å²) in [5, 5.41) is 2.37. The molecule has 28 heavy (non-hydrogen) atoms. The maximum absolute atomic E-state index is 13.1. The van der Waals surface area contributed by atoms with Gasteiger partial charge in [-0.3, -0.25) is 4.79 Å². The average molecular weight is 427 g/mol. The number of amides is 1. The first kappa shape index (κ1) is 20.4. The Hall–Kier alpha value is -2.34. The largest absolute Gasteiger partial charge is 0.325 e. The van der Waals surface area contributed by atoms with Crippen molar-refractivity contribution in [2.24, 2.45) is 0 Å². The molecular weight excluding hydrogens is 409 g/mol. The first-order valence-corrected chi connectivity index (χ1v) is 11.3. The van der Waals surface area contributed by atoms with Crippen LogP contribution in [0.3, 0.4) is 0 Å². The molecular formula is C17H18FN3O5S2. The third-order valence-corrected chi connectivity index (χ3v) is 6.83. The molecule has 1 aliphatic carbocycles. The van der Waals surface area contributed by atoms with Gasteiger partial charge in [0, 0.05) is 11.7 Å². The molecule has 0 bridgehead atoms. The Labute approximate surface area is 162 Å². The summed E-state index contributed by atoms with van der Waals surface area (Å²) in [6.07, 6.45) is 1.57. The van der Waals surface area contributed by atoms with Gasteiger partial charge in [-0.05, 0) is 55.3 Å². The lowest BCUT2D eigenvalue weighted by Crippen LogP contribution is -2.33. The van der Waals surface area contributed by atoms with E-state index in [0.717, 1.165) is 31.0 Å². The van der Waals surface area contributed by atoms with Crippen molar-refractivity contribution >= 4 is 31.6 Å². The highest BCUT2D eigenvalue weighted by Crippen LogP contribution is 2.22. The van der Waals surface area contributed by atoms with Crippen LogP contribution in [-0.4, -0.2) is 35.3 Å². The van der Waals surface area contributed by atoms with E-state index in [1.54, 1.807) is 0 Å². The van der Waals surface area contributed by atoms with Crippen molar-refractivity contribution in [2.45, 2.75) is 28.7 Å². The monoisotopic (exact) mass is 427 g/mol. The summed E-state index contributed by atoms with van der Waals surface area (Å²) in [5.41, 5.74) is 0.196. The Morgan fingerprint density at radius 3 is 2.14 bits per heavy atom. The predicted octanol–water partition coefficient (Wildman–Crippen LogP) is 1.18. The molecule has 2 aromatic rings. The van der Waals surface area contributed by atoms with Crippen LogP contribution in [0.4, 0.5) is 10.1 Å². The molecule has 0 saturated heterocycles. The van der Waals surface area contributed by atoms with Crippen LogP contribution in [0.5, 0.6) is 0 Å². The Morgan fingerprint density at radius 2 is 1.57 bits per heavy atom. The molecule has 0 heterocycles. The van der Waals surface area contributed by atoms with Gasteiger partial charge in [0.2, 0.25) is 26.0 Å². The van der Waals surface area contributed by atoms with E-state index in [2.05, 4.69) is 14.8 Å². The highest BCUT2D eigenvalue weighted by atomic mass is 32.2. The topological polar surface area (TPSA) is 121 Å². The van der Waals surface area contributed by atoms with Crippen LogP contribution in [0, 0.1) is 5.82 Å². The van der Waals surface area contributed by atoms with Gasteiger partial charge in [0.05, 0.1) is 16.3 Å². The number of sulfonamides is 2. The molecule has 1 fully saturated rings. The van der Waals surface area contributed by atoms with Crippen LogP contribution in [0.1, 0.15) is 12.8 Å². The fourth-order valence-electron chi connectivity index (χ4n) is 2.30. The van der Waals surface area contributed by atoms with E-state index in [9.17, 15) is 26.0 Å². The Kier molecular flexibility index (Phi) is 5.79. The minimum Gasteiger partial charge on any atom is -0.325 e. The molecule has 1 amide bonds. The summed E-state index contributed by atoms with van der Waals surface area (Å²) in [7, 11) is -7.71. The van der Waals surface area contributed by atoms with Gasteiger partial charge >= 0.3 is 0 Å². The average Bonchev–Trinajstić information content (AvgIpc) is 3.44. The van der Waals surface area contributed by atoms with E-state index in [1.165, 1.54) is 30.3 Å². The minimum absolute atomic E-state index is 0.0396. The van der Waals surface area contributed by atoms with Crippen LogP contribution >= 0.6 is 0 Å². The lowest BCUT2D eigenvalue weighted by atomic mass is 10.3. The molecule has 3 N–H and O–H groups in total. The van der Waals surface area contributed by atoms with Crippen molar-refractivity contribution in [3.63, 3.8) is 0 Å². The minimum atomic E-state index is -4.03. The number of carbonyl (C=O) groups excluding carboxylic acids is 1. The number of hydrogen-bond acceptors (Lipinski definition) is 5. The van der Waals surface area contributed by atoms with Gasteiger partial charge in [-0.15, -0.1) is 0 Å². The standard InChI is InChI=1S/C17H18FN3O5S2/c18-12-2-1-3-14(10-12)20-17(22)11-19-27(23,24)15-6-8-16(9-7-15)28(25,26)21-13-4-5-13/h1-3,6-10,13,19,21H,4-5,11H2,(H,20,22). The second-order valence-corrected chi connectivity index (χ2v) is 9.73. The second kappa shape index (κ2) is 7.95. The number of benzene rings is 2. The summed E-state index contributed by atoms with van der Waals surface area (Å²) in [6, 6.07) is 9.78. The van der Waals surface area contributed by atoms with Gasteiger partial charge in [-0.1, -0.05) is 6.07 Å². The molecule has 0 atom stereocenters. The van der Waals surface area contributed by atoms with Crippen LogP contribution in [0.15, 0.2) is 58.3 Å². The van der Waals surface area contributed by atoms with E-state index in [0.29, 0.717) is 0 Å². The number of rotatable bonds is 8. The number of halogens is 1. The van der Waals surface area contributed by atoms with E-state index < -0.39 is 38.3 Å². The first-order valence-electron chi connectivity index (χ1n) is 8.33. The third-order valence-electron chi connectivity index (χ3n) is 3.87. The molecule has 1 saturated carbocycles. The first-order chi connectivity index (χ1) is 13.2.